The molecular formula is C12H17Cl2N3O2S. The highest BCUT2D eigenvalue weighted by atomic mass is 35.5. The zero-order valence-corrected chi connectivity index (χ0v) is 13.7. The lowest BCUT2D eigenvalue weighted by Crippen LogP contribution is -2.47. The van der Waals surface area contributed by atoms with Gasteiger partial charge in [0.1, 0.15) is 11.6 Å². The van der Waals surface area contributed by atoms with Crippen molar-refractivity contribution >= 4 is 44.7 Å². The molecule has 20 heavy (non-hydrogen) atoms. The Balaban J connectivity index is 2.35. The van der Waals surface area contributed by atoms with Crippen LogP contribution >= 0.6 is 23.2 Å². The average Bonchev–Trinajstić information content (AvgIpc) is 2.33. The number of sulfone groups is 1. The number of pyridine rings is 1. The Hall–Kier alpha value is -0.720. The fourth-order valence-electron chi connectivity index (χ4n) is 2.26. The van der Waals surface area contributed by atoms with E-state index in [2.05, 4.69) is 10.3 Å². The lowest BCUT2D eigenvalue weighted by atomic mass is 10.3. The second-order valence-electron chi connectivity index (χ2n) is 4.81. The minimum absolute atomic E-state index is 0.115. The van der Waals surface area contributed by atoms with Crippen LogP contribution in [0, 0.1) is 0 Å². The standard InChI is InChI=1S/C12H17Cl2N3O2S/c1-3-15-11-9(13)6-10(14)12(16-11)17-4-5-20(18,19)7-8(17)2/h6,8H,3-5,7H2,1-2H3,(H,15,16). The Labute approximate surface area is 129 Å². The van der Waals surface area contributed by atoms with Crippen molar-refractivity contribution in [1.29, 1.82) is 0 Å². The largest absolute Gasteiger partial charge is 0.369 e. The van der Waals surface area contributed by atoms with Gasteiger partial charge in [0.25, 0.3) is 0 Å². The van der Waals surface area contributed by atoms with Crippen molar-refractivity contribution < 1.29 is 8.42 Å². The molecule has 0 aliphatic carbocycles. The second kappa shape index (κ2) is 5.95. The normalized spacial score (nSPS) is 21.8. The SMILES string of the molecule is CCNc1nc(N2CCS(=O)(=O)CC2C)c(Cl)cc1Cl. The van der Waals surface area contributed by atoms with Crippen molar-refractivity contribution in [3.63, 3.8) is 0 Å². The number of halogens is 2. The summed E-state index contributed by atoms with van der Waals surface area (Å²) in [6.07, 6.45) is 0. The van der Waals surface area contributed by atoms with Crippen molar-refractivity contribution in [2.45, 2.75) is 19.9 Å². The summed E-state index contributed by atoms with van der Waals surface area (Å²) < 4.78 is 23.3. The molecule has 1 fully saturated rings. The predicted octanol–water partition coefficient (Wildman–Crippen LogP) is 2.44. The molecule has 0 radical (unpaired) electrons. The Morgan fingerprint density at radius 1 is 1.45 bits per heavy atom. The first kappa shape index (κ1) is 15.7. The maximum absolute atomic E-state index is 11.6. The molecule has 2 rings (SSSR count). The predicted molar refractivity (Wildman–Crippen MR) is 83.9 cm³/mol. The molecule has 1 N–H and O–H groups in total. The molecule has 5 nitrogen and oxygen atoms in total. The van der Waals surface area contributed by atoms with E-state index >= 15 is 0 Å². The third-order valence-corrected chi connectivity index (χ3v) is 5.56. The molecule has 2 heterocycles. The number of anilines is 2. The molecule has 8 heteroatoms. The highest BCUT2D eigenvalue weighted by Crippen LogP contribution is 2.33. The summed E-state index contributed by atoms with van der Waals surface area (Å²) in [5, 5.41) is 3.96. The lowest BCUT2D eigenvalue weighted by molar-refractivity contribution is 0.567. The van der Waals surface area contributed by atoms with Crippen molar-refractivity contribution in [3.8, 4) is 0 Å². The molecule has 0 amide bonds. The molecule has 112 valence electrons. The second-order valence-corrected chi connectivity index (χ2v) is 7.85. The van der Waals surface area contributed by atoms with Gasteiger partial charge in [0.2, 0.25) is 0 Å². The molecule has 1 aromatic heterocycles. The first-order valence-electron chi connectivity index (χ1n) is 6.41. The topological polar surface area (TPSA) is 62.3 Å². The first-order chi connectivity index (χ1) is 9.34. The third kappa shape index (κ3) is 3.30. The quantitative estimate of drug-likeness (QED) is 0.917. The van der Waals surface area contributed by atoms with E-state index in [0.29, 0.717) is 34.8 Å². The van der Waals surface area contributed by atoms with Gasteiger partial charge in [0.15, 0.2) is 9.84 Å². The van der Waals surface area contributed by atoms with E-state index in [9.17, 15) is 8.42 Å². The summed E-state index contributed by atoms with van der Waals surface area (Å²) in [6.45, 7) is 4.89. The summed E-state index contributed by atoms with van der Waals surface area (Å²) in [6, 6.07) is 1.48. The molecule has 1 aromatic rings. The Morgan fingerprint density at radius 2 is 2.15 bits per heavy atom. The van der Waals surface area contributed by atoms with Gasteiger partial charge in [-0.25, -0.2) is 13.4 Å². The Morgan fingerprint density at radius 3 is 2.75 bits per heavy atom. The number of rotatable bonds is 3. The highest BCUT2D eigenvalue weighted by Gasteiger charge is 2.30. The maximum atomic E-state index is 11.6. The van der Waals surface area contributed by atoms with Crippen LogP contribution in [0.25, 0.3) is 0 Å². The number of hydrogen-bond acceptors (Lipinski definition) is 5. The molecule has 1 unspecified atom stereocenters. The number of hydrogen-bond donors (Lipinski definition) is 1. The molecule has 0 bridgehead atoms. The van der Waals surface area contributed by atoms with Gasteiger partial charge in [0.05, 0.1) is 21.6 Å². The third-order valence-electron chi connectivity index (χ3n) is 3.20. The van der Waals surface area contributed by atoms with E-state index in [1.807, 2.05) is 18.7 Å². The van der Waals surface area contributed by atoms with E-state index in [4.69, 9.17) is 23.2 Å². The molecule has 1 saturated heterocycles. The van der Waals surface area contributed by atoms with Gasteiger partial charge in [0, 0.05) is 19.1 Å². The maximum Gasteiger partial charge on any atom is 0.154 e. The van der Waals surface area contributed by atoms with Crippen molar-refractivity contribution in [1.82, 2.24) is 4.98 Å². The van der Waals surface area contributed by atoms with Gasteiger partial charge < -0.3 is 10.2 Å². The summed E-state index contributed by atoms with van der Waals surface area (Å²) in [5.41, 5.74) is 0. The Kier molecular flexibility index (Phi) is 4.66. The molecule has 1 aliphatic heterocycles. The smallest absolute Gasteiger partial charge is 0.154 e. The van der Waals surface area contributed by atoms with Crippen molar-refractivity contribution in [2.75, 3.05) is 34.8 Å². The summed E-state index contributed by atoms with van der Waals surface area (Å²) in [4.78, 5) is 6.36. The zero-order valence-electron chi connectivity index (χ0n) is 11.4. The molecule has 0 saturated carbocycles. The fourth-order valence-corrected chi connectivity index (χ4v) is 4.35. The lowest BCUT2D eigenvalue weighted by Gasteiger charge is -2.34. The minimum atomic E-state index is -2.97. The number of nitrogens with zero attached hydrogens (tertiary/aromatic N) is 2. The number of aromatic nitrogens is 1. The van der Waals surface area contributed by atoms with Crippen LogP contribution in [0.3, 0.4) is 0 Å². The monoisotopic (exact) mass is 337 g/mol. The summed E-state index contributed by atoms with van der Waals surface area (Å²) >= 11 is 12.3. The zero-order chi connectivity index (χ0) is 14.9. The van der Waals surface area contributed by atoms with Crippen LogP contribution in [0.2, 0.25) is 10.0 Å². The van der Waals surface area contributed by atoms with Crippen LogP contribution in [-0.2, 0) is 9.84 Å². The van der Waals surface area contributed by atoms with Gasteiger partial charge in [-0.2, -0.15) is 0 Å². The van der Waals surface area contributed by atoms with Crippen molar-refractivity contribution in [2.24, 2.45) is 0 Å². The van der Waals surface area contributed by atoms with E-state index in [1.54, 1.807) is 6.07 Å². The molecule has 1 aliphatic rings. The van der Waals surface area contributed by atoms with Crippen LogP contribution in [0.1, 0.15) is 13.8 Å². The highest BCUT2D eigenvalue weighted by molar-refractivity contribution is 7.91. The number of nitrogens with one attached hydrogen (secondary N) is 1. The fraction of sp³-hybridized carbons (Fsp3) is 0.583. The molecule has 0 spiro atoms. The first-order valence-corrected chi connectivity index (χ1v) is 8.98. The van der Waals surface area contributed by atoms with Gasteiger partial charge in [-0.1, -0.05) is 23.2 Å². The van der Waals surface area contributed by atoms with Crippen LogP contribution in [0.15, 0.2) is 6.07 Å². The van der Waals surface area contributed by atoms with Crippen LogP contribution in [0.5, 0.6) is 0 Å². The van der Waals surface area contributed by atoms with Gasteiger partial charge in [-0.15, -0.1) is 0 Å². The van der Waals surface area contributed by atoms with Crippen LogP contribution in [0.4, 0.5) is 11.6 Å². The van der Waals surface area contributed by atoms with E-state index in [-0.39, 0.29) is 17.5 Å². The average molecular weight is 338 g/mol. The summed E-state index contributed by atoms with van der Waals surface area (Å²) in [7, 11) is -2.97. The van der Waals surface area contributed by atoms with Crippen molar-refractivity contribution in [3.05, 3.63) is 16.1 Å². The van der Waals surface area contributed by atoms with Gasteiger partial charge in [-0.05, 0) is 19.9 Å². The summed E-state index contributed by atoms with van der Waals surface area (Å²) in [5.74, 6) is 1.38. The van der Waals surface area contributed by atoms with Crippen LogP contribution < -0.4 is 10.2 Å². The van der Waals surface area contributed by atoms with E-state index in [0.717, 1.165) is 0 Å². The Bertz CT molecular complexity index is 607. The molecular weight excluding hydrogens is 321 g/mol. The molecule has 1 atom stereocenters. The van der Waals surface area contributed by atoms with E-state index in [1.165, 1.54) is 0 Å². The minimum Gasteiger partial charge on any atom is -0.369 e. The molecule has 0 aromatic carbocycles. The van der Waals surface area contributed by atoms with Crippen LogP contribution in [-0.4, -0.2) is 44.0 Å². The van der Waals surface area contributed by atoms with Gasteiger partial charge >= 0.3 is 0 Å². The van der Waals surface area contributed by atoms with E-state index < -0.39 is 9.84 Å². The van der Waals surface area contributed by atoms with Gasteiger partial charge in [-0.3, -0.25) is 0 Å².